The number of imide groups is 1. The first-order valence-electron chi connectivity index (χ1n) is 8.50. The fourth-order valence-electron chi connectivity index (χ4n) is 2.61. The van der Waals surface area contributed by atoms with Crippen molar-refractivity contribution in [2.24, 2.45) is 0 Å². The van der Waals surface area contributed by atoms with Gasteiger partial charge in [0.25, 0.3) is 11.8 Å². The molecule has 1 heterocycles. The molecular weight excluding hydrogens is 439 g/mol. The fourth-order valence-corrected chi connectivity index (χ4v) is 3.31. The Morgan fingerprint density at radius 3 is 2.24 bits per heavy atom. The highest BCUT2D eigenvalue weighted by Gasteiger charge is 2.39. The number of hydrogen-bond donors (Lipinski definition) is 1. The molecule has 0 atom stereocenters. The van der Waals surface area contributed by atoms with Crippen LogP contribution >= 0.6 is 34.8 Å². The summed E-state index contributed by atoms with van der Waals surface area (Å²) in [4.78, 5) is 38.1. The van der Waals surface area contributed by atoms with Crippen LogP contribution in [-0.2, 0) is 14.3 Å². The Bertz CT molecular complexity index is 1030. The van der Waals surface area contributed by atoms with Crippen molar-refractivity contribution in [2.45, 2.75) is 20.0 Å². The molecule has 0 radical (unpaired) electrons. The second kappa shape index (κ2) is 8.45. The van der Waals surface area contributed by atoms with Gasteiger partial charge in [0.1, 0.15) is 10.7 Å². The predicted molar refractivity (Wildman–Crippen MR) is 112 cm³/mol. The minimum atomic E-state index is -0.708. The number of amides is 2. The molecule has 3 rings (SSSR count). The number of hydrogen-bond acceptors (Lipinski definition) is 5. The van der Waals surface area contributed by atoms with E-state index in [2.05, 4.69) is 5.32 Å². The molecule has 0 aliphatic carbocycles. The Labute approximate surface area is 182 Å². The average Bonchev–Trinajstić information content (AvgIpc) is 2.86. The van der Waals surface area contributed by atoms with Crippen molar-refractivity contribution in [3.63, 3.8) is 0 Å². The highest BCUT2D eigenvalue weighted by atomic mass is 35.5. The third-order valence-corrected chi connectivity index (χ3v) is 4.80. The molecule has 0 saturated heterocycles. The second-order valence-electron chi connectivity index (χ2n) is 6.39. The lowest BCUT2D eigenvalue weighted by atomic mass is 10.2. The number of carbonyl (C=O) groups excluding carboxylic acids is 3. The molecule has 0 fully saturated rings. The number of anilines is 2. The fraction of sp³-hybridized carbons (Fsp3) is 0.150. The van der Waals surface area contributed by atoms with E-state index in [0.29, 0.717) is 16.3 Å². The van der Waals surface area contributed by atoms with Crippen LogP contribution < -0.4 is 10.2 Å². The highest BCUT2D eigenvalue weighted by molar-refractivity contribution is 6.53. The van der Waals surface area contributed by atoms with Gasteiger partial charge in [0, 0.05) is 10.7 Å². The van der Waals surface area contributed by atoms with Gasteiger partial charge in [-0.3, -0.25) is 9.59 Å². The quantitative estimate of drug-likeness (QED) is 0.509. The van der Waals surface area contributed by atoms with E-state index >= 15 is 0 Å². The zero-order valence-electron chi connectivity index (χ0n) is 15.3. The molecule has 0 aromatic heterocycles. The molecule has 1 aliphatic rings. The number of carbonyl (C=O) groups is 3. The smallest absolute Gasteiger partial charge is 0.338 e. The summed E-state index contributed by atoms with van der Waals surface area (Å²) in [6.07, 6.45) is -0.239. The van der Waals surface area contributed by atoms with E-state index in [-0.39, 0.29) is 27.5 Å². The van der Waals surface area contributed by atoms with E-state index in [4.69, 9.17) is 39.5 Å². The molecule has 2 aromatic rings. The molecule has 0 unspecified atom stereocenters. The Hall–Kier alpha value is -2.54. The summed E-state index contributed by atoms with van der Waals surface area (Å²) >= 11 is 18.1. The van der Waals surface area contributed by atoms with Crippen molar-refractivity contribution in [3.8, 4) is 0 Å². The molecule has 150 valence electrons. The van der Waals surface area contributed by atoms with Gasteiger partial charge in [-0.25, -0.2) is 9.69 Å². The maximum Gasteiger partial charge on any atom is 0.338 e. The van der Waals surface area contributed by atoms with Crippen molar-refractivity contribution in [3.05, 3.63) is 68.8 Å². The normalized spacial score (nSPS) is 14.1. The van der Waals surface area contributed by atoms with Gasteiger partial charge in [0.2, 0.25) is 0 Å². The molecule has 0 spiro atoms. The molecular formula is C20H15Cl3N2O4. The van der Waals surface area contributed by atoms with Gasteiger partial charge in [-0.1, -0.05) is 34.8 Å². The number of esters is 1. The Morgan fingerprint density at radius 1 is 1.00 bits per heavy atom. The van der Waals surface area contributed by atoms with Gasteiger partial charge >= 0.3 is 5.97 Å². The number of halogens is 3. The lowest BCUT2D eigenvalue weighted by Gasteiger charge is -2.16. The van der Waals surface area contributed by atoms with Crippen LogP contribution in [-0.4, -0.2) is 23.9 Å². The van der Waals surface area contributed by atoms with Gasteiger partial charge in [0.15, 0.2) is 0 Å². The van der Waals surface area contributed by atoms with Gasteiger partial charge in [-0.05, 0) is 56.3 Å². The molecule has 6 nitrogen and oxygen atoms in total. The summed E-state index contributed by atoms with van der Waals surface area (Å²) in [6.45, 7) is 3.51. The van der Waals surface area contributed by atoms with Crippen LogP contribution in [0.4, 0.5) is 11.4 Å². The van der Waals surface area contributed by atoms with Crippen LogP contribution in [0.2, 0.25) is 10.0 Å². The first-order chi connectivity index (χ1) is 13.7. The van der Waals surface area contributed by atoms with Gasteiger partial charge in [-0.2, -0.15) is 0 Å². The maximum absolute atomic E-state index is 12.8. The first-order valence-corrected chi connectivity index (χ1v) is 9.64. The molecule has 0 bridgehead atoms. The summed E-state index contributed by atoms with van der Waals surface area (Å²) in [5.41, 5.74) is 0.894. The molecule has 0 saturated carbocycles. The molecule has 2 amide bonds. The Kier molecular flexibility index (Phi) is 6.17. The van der Waals surface area contributed by atoms with Gasteiger partial charge < -0.3 is 10.1 Å². The molecule has 1 N–H and O–H groups in total. The first kappa shape index (κ1) is 21.2. The van der Waals surface area contributed by atoms with Crippen LogP contribution in [0.15, 0.2) is 53.2 Å². The summed E-state index contributed by atoms with van der Waals surface area (Å²) in [5, 5.41) is 3.05. The standard InChI is InChI=1S/C20H15Cl3N2O4/c1-10(2)29-20(28)11-3-6-13(7-4-11)24-17-16(23)18(26)25(19(17)27)15-8-5-12(21)9-14(15)22/h3-10,24H,1-2H3. The topological polar surface area (TPSA) is 75.7 Å². The van der Waals surface area contributed by atoms with E-state index in [1.54, 1.807) is 26.0 Å². The van der Waals surface area contributed by atoms with Gasteiger partial charge in [0.05, 0.1) is 22.4 Å². The SMILES string of the molecule is CC(C)OC(=O)c1ccc(NC2=C(Cl)C(=O)N(c3ccc(Cl)cc3Cl)C2=O)cc1. The zero-order valence-corrected chi connectivity index (χ0v) is 17.6. The van der Waals surface area contributed by atoms with E-state index < -0.39 is 17.8 Å². The van der Waals surface area contributed by atoms with E-state index in [1.807, 2.05) is 0 Å². The summed E-state index contributed by atoms with van der Waals surface area (Å²) in [5.74, 6) is -1.83. The average molecular weight is 454 g/mol. The summed E-state index contributed by atoms with van der Waals surface area (Å²) in [7, 11) is 0. The maximum atomic E-state index is 12.8. The minimum Gasteiger partial charge on any atom is -0.459 e. The van der Waals surface area contributed by atoms with E-state index in [0.717, 1.165) is 4.90 Å². The van der Waals surface area contributed by atoms with Crippen LogP contribution in [0.3, 0.4) is 0 Å². The largest absolute Gasteiger partial charge is 0.459 e. The Balaban J connectivity index is 1.81. The third kappa shape index (κ3) is 4.40. The second-order valence-corrected chi connectivity index (χ2v) is 7.61. The van der Waals surface area contributed by atoms with Crippen LogP contribution in [0.25, 0.3) is 0 Å². The van der Waals surface area contributed by atoms with Crippen LogP contribution in [0, 0.1) is 0 Å². The predicted octanol–water partition coefficient (Wildman–Crippen LogP) is 4.99. The minimum absolute atomic E-state index is 0.0970. The van der Waals surface area contributed by atoms with E-state index in [9.17, 15) is 14.4 Å². The van der Waals surface area contributed by atoms with Crippen molar-refractivity contribution in [1.82, 2.24) is 0 Å². The lowest BCUT2D eigenvalue weighted by molar-refractivity contribution is -0.120. The van der Waals surface area contributed by atoms with Crippen LogP contribution in [0.5, 0.6) is 0 Å². The zero-order chi connectivity index (χ0) is 21.3. The summed E-state index contributed by atoms with van der Waals surface area (Å²) in [6, 6.07) is 10.6. The molecule has 29 heavy (non-hydrogen) atoms. The van der Waals surface area contributed by atoms with Crippen molar-refractivity contribution >= 4 is 64.0 Å². The van der Waals surface area contributed by atoms with E-state index in [1.165, 1.54) is 30.3 Å². The number of ether oxygens (including phenoxy) is 1. The lowest BCUT2D eigenvalue weighted by Crippen LogP contribution is -2.32. The molecule has 9 heteroatoms. The monoisotopic (exact) mass is 452 g/mol. The number of rotatable bonds is 5. The number of benzene rings is 2. The van der Waals surface area contributed by atoms with Crippen molar-refractivity contribution < 1.29 is 19.1 Å². The highest BCUT2D eigenvalue weighted by Crippen LogP contribution is 2.35. The number of nitrogens with one attached hydrogen (secondary N) is 1. The Morgan fingerprint density at radius 2 is 1.66 bits per heavy atom. The summed E-state index contributed by atoms with van der Waals surface area (Å²) < 4.78 is 5.12. The van der Waals surface area contributed by atoms with Crippen molar-refractivity contribution in [1.29, 1.82) is 0 Å². The van der Waals surface area contributed by atoms with Crippen LogP contribution in [0.1, 0.15) is 24.2 Å². The third-order valence-electron chi connectivity index (χ3n) is 3.91. The molecule has 1 aliphatic heterocycles. The van der Waals surface area contributed by atoms with Gasteiger partial charge in [-0.15, -0.1) is 0 Å². The van der Waals surface area contributed by atoms with Crippen molar-refractivity contribution in [2.75, 3.05) is 10.2 Å². The number of nitrogens with zero attached hydrogens (tertiary/aromatic N) is 1. The molecule has 2 aromatic carbocycles.